The number of hydrogen-bond acceptors (Lipinski definition) is 0. The Morgan fingerprint density at radius 1 is 0.368 bits per heavy atom. The summed E-state index contributed by atoms with van der Waals surface area (Å²) < 4.78 is 3.48. The van der Waals surface area contributed by atoms with Crippen LogP contribution in [0.15, 0.2) is 150 Å². The number of halogens is 1. The maximum Gasteiger partial charge on any atom is 0.0541 e. The van der Waals surface area contributed by atoms with Crippen LogP contribution in [0, 0.1) is 0 Å². The van der Waals surface area contributed by atoms with Crippen molar-refractivity contribution in [2.24, 2.45) is 0 Å². The van der Waals surface area contributed by atoms with Gasteiger partial charge in [-0.2, -0.15) is 0 Å². The zero-order chi connectivity index (χ0) is 25.5. The first kappa shape index (κ1) is 22.8. The van der Waals surface area contributed by atoms with Crippen LogP contribution in [0.1, 0.15) is 0 Å². The molecule has 0 bridgehead atoms. The van der Waals surface area contributed by atoms with Crippen molar-refractivity contribution in [3.63, 3.8) is 0 Å². The minimum Gasteiger partial charge on any atom is -0.309 e. The second-order valence-corrected chi connectivity index (χ2v) is 10.5. The summed E-state index contributed by atoms with van der Waals surface area (Å²) in [5.41, 5.74) is 10.9. The second-order valence-electron chi connectivity index (χ2n) is 9.59. The molecule has 1 nitrogen and oxygen atoms in total. The Labute approximate surface area is 230 Å². The summed E-state index contributed by atoms with van der Waals surface area (Å²) in [6, 6.07) is 52.3. The molecule has 1 aromatic heterocycles. The van der Waals surface area contributed by atoms with Crippen LogP contribution in [-0.4, -0.2) is 4.57 Å². The molecule has 0 fully saturated rings. The molecular weight excluding hydrogens is 526 g/mol. The van der Waals surface area contributed by atoms with Gasteiger partial charge in [0.2, 0.25) is 0 Å². The smallest absolute Gasteiger partial charge is 0.0541 e. The Morgan fingerprint density at radius 3 is 1.74 bits per heavy atom. The van der Waals surface area contributed by atoms with Crippen LogP contribution < -0.4 is 0 Å². The van der Waals surface area contributed by atoms with Crippen molar-refractivity contribution in [1.29, 1.82) is 0 Å². The molecule has 0 saturated carbocycles. The Bertz CT molecular complexity index is 1910. The highest BCUT2D eigenvalue weighted by Gasteiger charge is 2.14. The molecule has 0 unspecified atom stereocenters. The van der Waals surface area contributed by atoms with Crippen LogP contribution in [0.2, 0.25) is 0 Å². The Hall–Kier alpha value is -4.40. The van der Waals surface area contributed by atoms with Gasteiger partial charge in [-0.25, -0.2) is 0 Å². The van der Waals surface area contributed by atoms with Crippen molar-refractivity contribution >= 4 is 37.7 Å². The fourth-order valence-electron chi connectivity index (χ4n) is 5.41. The molecule has 0 aliphatic carbocycles. The van der Waals surface area contributed by atoms with Crippen molar-refractivity contribution in [3.8, 4) is 39.1 Å². The highest BCUT2D eigenvalue weighted by molar-refractivity contribution is 9.10. The van der Waals surface area contributed by atoms with E-state index in [2.05, 4.69) is 166 Å². The largest absolute Gasteiger partial charge is 0.309 e. The highest BCUT2D eigenvalue weighted by Crippen LogP contribution is 2.36. The monoisotopic (exact) mass is 549 g/mol. The van der Waals surface area contributed by atoms with Crippen LogP contribution in [0.3, 0.4) is 0 Å². The molecule has 1 heterocycles. The van der Waals surface area contributed by atoms with Crippen molar-refractivity contribution in [1.82, 2.24) is 4.57 Å². The van der Waals surface area contributed by atoms with Crippen molar-refractivity contribution in [2.75, 3.05) is 0 Å². The quantitative estimate of drug-likeness (QED) is 0.205. The summed E-state index contributed by atoms with van der Waals surface area (Å²) in [6.07, 6.45) is 0. The first-order valence-electron chi connectivity index (χ1n) is 12.8. The number of aromatic nitrogens is 1. The normalized spacial score (nSPS) is 11.3. The number of para-hydroxylation sites is 1. The maximum absolute atomic E-state index is 3.54. The number of benzene rings is 6. The number of nitrogens with zero attached hydrogens (tertiary/aromatic N) is 1. The summed E-state index contributed by atoms with van der Waals surface area (Å²) in [5.74, 6) is 0. The van der Waals surface area contributed by atoms with E-state index < -0.39 is 0 Å². The standard InChI is InChI=1S/C36H24BrN/c37-31-19-16-26(17-20-31)27-10-6-11-28(22-27)30-18-21-36-34(24-30)33-14-4-5-15-35(33)38(36)32-13-7-12-29(23-32)25-8-2-1-3-9-25/h1-24H. The summed E-state index contributed by atoms with van der Waals surface area (Å²) in [4.78, 5) is 0. The maximum atomic E-state index is 3.54. The molecule has 0 radical (unpaired) electrons. The first-order chi connectivity index (χ1) is 18.7. The predicted octanol–water partition coefficient (Wildman–Crippen LogP) is 10.5. The molecule has 6 aromatic carbocycles. The summed E-state index contributed by atoms with van der Waals surface area (Å²) in [6.45, 7) is 0. The van der Waals surface area contributed by atoms with Gasteiger partial charge in [-0.3, -0.25) is 0 Å². The molecule has 7 aromatic rings. The van der Waals surface area contributed by atoms with E-state index in [1.807, 2.05) is 0 Å². The molecule has 0 spiro atoms. The fourth-order valence-corrected chi connectivity index (χ4v) is 5.67. The van der Waals surface area contributed by atoms with Crippen molar-refractivity contribution in [3.05, 3.63) is 150 Å². The number of fused-ring (bicyclic) bond motifs is 3. The Balaban J connectivity index is 1.38. The molecule has 2 heteroatoms. The van der Waals surface area contributed by atoms with Crippen molar-refractivity contribution < 1.29 is 0 Å². The van der Waals surface area contributed by atoms with E-state index in [1.165, 1.54) is 60.9 Å². The summed E-state index contributed by atoms with van der Waals surface area (Å²) in [7, 11) is 0. The summed E-state index contributed by atoms with van der Waals surface area (Å²) >= 11 is 3.54. The van der Waals surface area contributed by atoms with Crippen LogP contribution in [0.5, 0.6) is 0 Å². The fraction of sp³-hybridized carbons (Fsp3) is 0. The Morgan fingerprint density at radius 2 is 0.921 bits per heavy atom. The van der Waals surface area contributed by atoms with Gasteiger partial charge in [0.25, 0.3) is 0 Å². The lowest BCUT2D eigenvalue weighted by atomic mass is 9.98. The van der Waals surface area contributed by atoms with E-state index in [-0.39, 0.29) is 0 Å². The number of rotatable bonds is 4. The average molecular weight is 550 g/mol. The third kappa shape index (κ3) is 4.04. The van der Waals surface area contributed by atoms with Gasteiger partial charge < -0.3 is 4.57 Å². The lowest BCUT2D eigenvalue weighted by molar-refractivity contribution is 1.18. The van der Waals surface area contributed by atoms with E-state index >= 15 is 0 Å². The predicted molar refractivity (Wildman–Crippen MR) is 165 cm³/mol. The molecule has 7 rings (SSSR count). The second kappa shape index (κ2) is 9.48. The van der Waals surface area contributed by atoms with Crippen molar-refractivity contribution in [2.45, 2.75) is 0 Å². The van der Waals surface area contributed by atoms with Crippen LogP contribution in [0.25, 0.3) is 60.9 Å². The van der Waals surface area contributed by atoms with Gasteiger partial charge in [-0.05, 0) is 81.9 Å². The van der Waals surface area contributed by atoms with Gasteiger partial charge in [-0.15, -0.1) is 0 Å². The van der Waals surface area contributed by atoms with Crippen LogP contribution in [-0.2, 0) is 0 Å². The van der Waals surface area contributed by atoms with Crippen LogP contribution >= 0.6 is 15.9 Å². The van der Waals surface area contributed by atoms with Crippen LogP contribution in [0.4, 0.5) is 0 Å². The molecular formula is C36H24BrN. The first-order valence-corrected chi connectivity index (χ1v) is 13.6. The Kier molecular flexibility index (Phi) is 5.68. The average Bonchev–Trinajstić information content (AvgIpc) is 3.32. The molecule has 0 N–H and O–H groups in total. The van der Waals surface area contributed by atoms with Gasteiger partial charge in [0.15, 0.2) is 0 Å². The zero-order valence-corrected chi connectivity index (χ0v) is 22.3. The van der Waals surface area contributed by atoms with E-state index in [1.54, 1.807) is 0 Å². The third-order valence-corrected chi connectivity index (χ3v) is 7.79. The van der Waals surface area contributed by atoms with Gasteiger partial charge in [0.05, 0.1) is 11.0 Å². The van der Waals surface area contributed by atoms with Gasteiger partial charge in [-0.1, -0.05) is 113 Å². The highest BCUT2D eigenvalue weighted by atomic mass is 79.9. The molecule has 0 saturated heterocycles. The van der Waals surface area contributed by atoms with Gasteiger partial charge in [0, 0.05) is 20.9 Å². The molecule has 0 amide bonds. The third-order valence-electron chi connectivity index (χ3n) is 7.26. The SMILES string of the molecule is Brc1ccc(-c2cccc(-c3ccc4c(c3)c3ccccc3n4-c3cccc(-c4ccccc4)c3)c2)cc1. The summed E-state index contributed by atoms with van der Waals surface area (Å²) in [5, 5.41) is 2.52. The zero-order valence-electron chi connectivity index (χ0n) is 20.7. The van der Waals surface area contributed by atoms with E-state index in [4.69, 9.17) is 0 Å². The van der Waals surface area contributed by atoms with Gasteiger partial charge >= 0.3 is 0 Å². The minimum absolute atomic E-state index is 1.09. The molecule has 0 atom stereocenters. The molecule has 38 heavy (non-hydrogen) atoms. The van der Waals surface area contributed by atoms with E-state index in [0.29, 0.717) is 0 Å². The molecule has 0 aliphatic heterocycles. The lowest BCUT2D eigenvalue weighted by Crippen LogP contribution is -1.94. The van der Waals surface area contributed by atoms with E-state index in [0.717, 1.165) is 4.47 Å². The molecule has 180 valence electrons. The topological polar surface area (TPSA) is 4.93 Å². The number of hydrogen-bond donors (Lipinski definition) is 0. The lowest BCUT2D eigenvalue weighted by Gasteiger charge is -2.11. The van der Waals surface area contributed by atoms with E-state index in [9.17, 15) is 0 Å². The molecule has 0 aliphatic rings. The minimum atomic E-state index is 1.09. The van der Waals surface area contributed by atoms with Gasteiger partial charge in [0.1, 0.15) is 0 Å².